The van der Waals surface area contributed by atoms with Crippen LogP contribution in [0.1, 0.15) is 78.2 Å². The summed E-state index contributed by atoms with van der Waals surface area (Å²) in [6, 6.07) is 44.4. The molecule has 0 aliphatic heterocycles. The van der Waals surface area contributed by atoms with Crippen molar-refractivity contribution in [2.75, 3.05) is 0 Å². The Kier molecular flexibility index (Phi) is 15.4. The second kappa shape index (κ2) is 22.5. The van der Waals surface area contributed by atoms with E-state index in [1.807, 2.05) is 109 Å². The van der Waals surface area contributed by atoms with Crippen molar-refractivity contribution < 1.29 is 28.2 Å². The molecule has 0 fully saturated rings. The maximum absolute atomic E-state index is 13.2. The van der Waals surface area contributed by atoms with E-state index in [0.717, 1.165) is 67.5 Å². The minimum Gasteiger partial charge on any atom is -0.508 e. The maximum atomic E-state index is 13.2. The molecule has 12 nitrogen and oxygen atoms in total. The highest BCUT2D eigenvalue weighted by atomic mass is 19.1. The van der Waals surface area contributed by atoms with E-state index in [-0.39, 0.29) is 54.1 Å². The van der Waals surface area contributed by atoms with Gasteiger partial charge >= 0.3 is 0 Å². The third-order valence-corrected chi connectivity index (χ3v) is 11.6. The predicted octanol–water partition coefficient (Wildman–Crippen LogP) is 10.1. The molecule has 2 atom stereocenters. The number of nitrogens with one attached hydrogen (secondary N) is 2. The van der Waals surface area contributed by atoms with Crippen molar-refractivity contribution in [2.24, 2.45) is 0 Å². The van der Waals surface area contributed by atoms with E-state index in [1.54, 1.807) is 48.8 Å². The Bertz CT molecular complexity index is 3110. The smallest absolute Gasteiger partial charge is 0.220 e. The summed E-state index contributed by atoms with van der Waals surface area (Å²) < 4.78 is 36.3. The number of imidazole rings is 2. The van der Waals surface area contributed by atoms with E-state index in [0.29, 0.717) is 32.5 Å². The van der Waals surface area contributed by atoms with Crippen LogP contribution in [-0.2, 0) is 42.1 Å². The molecule has 0 aliphatic carbocycles. The van der Waals surface area contributed by atoms with Gasteiger partial charge in [-0.1, -0.05) is 78.9 Å². The number of ether oxygens (including phenoxy) is 1. The zero-order valence-electron chi connectivity index (χ0n) is 38.3. The monoisotopic (exact) mass is 926 g/mol. The molecule has 0 aliphatic rings. The SMILES string of the molecule is C[C@H](NC(=O)CCc1nc2cccnc2n1Cc1ccc(O)cc1)c1ccc(F)cc1.C[C@H](NC(=O)CCc1nc2cccnc2n1Cc1ccc(OCc2ccccc2)cc1)c1ccc(F)cc1. The van der Waals surface area contributed by atoms with E-state index in [2.05, 4.69) is 30.2 Å². The van der Waals surface area contributed by atoms with Crippen molar-refractivity contribution in [3.8, 4) is 11.5 Å². The number of aromatic hydroxyl groups is 1. The van der Waals surface area contributed by atoms with Crippen molar-refractivity contribution in [2.45, 2.75) is 71.3 Å². The van der Waals surface area contributed by atoms with Crippen LogP contribution in [0.5, 0.6) is 11.5 Å². The van der Waals surface area contributed by atoms with Crippen LogP contribution < -0.4 is 15.4 Å². The van der Waals surface area contributed by atoms with Crippen molar-refractivity contribution in [1.82, 2.24) is 39.7 Å². The van der Waals surface area contributed by atoms with Gasteiger partial charge in [0.25, 0.3) is 0 Å². The van der Waals surface area contributed by atoms with Crippen LogP contribution in [-0.4, -0.2) is 46.0 Å². The number of carbonyl (C=O) groups excluding carboxylic acids is 2. The molecule has 4 heterocycles. The molecular weight excluding hydrogens is 875 g/mol. The highest BCUT2D eigenvalue weighted by molar-refractivity contribution is 5.78. The molecule has 0 unspecified atom stereocenters. The highest BCUT2D eigenvalue weighted by Crippen LogP contribution is 2.22. The van der Waals surface area contributed by atoms with Crippen LogP contribution in [0.4, 0.5) is 8.78 Å². The van der Waals surface area contributed by atoms with Gasteiger partial charge in [0, 0.05) is 38.1 Å². The molecule has 0 saturated heterocycles. The largest absolute Gasteiger partial charge is 0.508 e. The van der Waals surface area contributed by atoms with Crippen LogP contribution in [0.25, 0.3) is 22.3 Å². The Morgan fingerprint density at radius 3 is 1.48 bits per heavy atom. The second-order valence-electron chi connectivity index (χ2n) is 16.7. The topological polar surface area (TPSA) is 149 Å². The fourth-order valence-electron chi connectivity index (χ4n) is 7.87. The molecular formula is C55H52F2N8O4. The molecule has 14 heteroatoms. The van der Waals surface area contributed by atoms with Gasteiger partial charge in [-0.25, -0.2) is 28.7 Å². The fraction of sp³-hybridized carbons (Fsp3) is 0.200. The number of aryl methyl sites for hydroxylation is 2. The number of hydrogen-bond acceptors (Lipinski definition) is 8. The van der Waals surface area contributed by atoms with Crippen molar-refractivity contribution in [3.05, 3.63) is 215 Å². The second-order valence-corrected chi connectivity index (χ2v) is 16.7. The van der Waals surface area contributed by atoms with Gasteiger partial charge in [-0.05, 0) is 114 Å². The van der Waals surface area contributed by atoms with E-state index in [9.17, 15) is 23.5 Å². The Morgan fingerprint density at radius 2 is 1.01 bits per heavy atom. The Labute approximate surface area is 398 Å². The minimum absolute atomic E-state index is 0.0895. The first-order valence-electron chi connectivity index (χ1n) is 22.8. The lowest BCUT2D eigenvalue weighted by atomic mass is 10.1. The first-order chi connectivity index (χ1) is 33.5. The molecule has 5 aromatic carbocycles. The van der Waals surface area contributed by atoms with E-state index >= 15 is 0 Å². The summed E-state index contributed by atoms with van der Waals surface area (Å²) in [5.41, 5.74) is 8.01. The average Bonchev–Trinajstić information content (AvgIpc) is 3.90. The van der Waals surface area contributed by atoms with Crippen LogP contribution in [0.2, 0.25) is 0 Å². The number of carbonyl (C=O) groups is 2. The minimum atomic E-state index is -0.302. The summed E-state index contributed by atoms with van der Waals surface area (Å²) in [5, 5.41) is 15.5. The first kappa shape index (κ1) is 47.2. The number of fused-ring (bicyclic) bond motifs is 2. The molecule has 2 amide bonds. The van der Waals surface area contributed by atoms with Crippen molar-refractivity contribution >= 4 is 34.1 Å². The number of rotatable bonds is 17. The third kappa shape index (κ3) is 12.8. The van der Waals surface area contributed by atoms with E-state index in [1.165, 1.54) is 24.3 Å². The fourth-order valence-corrected chi connectivity index (χ4v) is 7.87. The lowest BCUT2D eigenvalue weighted by Crippen LogP contribution is -2.27. The van der Waals surface area contributed by atoms with Gasteiger partial charge in [0.05, 0.1) is 25.2 Å². The first-order valence-corrected chi connectivity index (χ1v) is 22.8. The number of pyridine rings is 2. The van der Waals surface area contributed by atoms with Gasteiger partial charge in [-0.15, -0.1) is 0 Å². The zero-order valence-corrected chi connectivity index (χ0v) is 38.3. The Morgan fingerprint density at radius 1 is 0.565 bits per heavy atom. The summed E-state index contributed by atoms with van der Waals surface area (Å²) in [6.45, 7) is 5.39. The summed E-state index contributed by atoms with van der Waals surface area (Å²) in [5.74, 6) is 1.79. The Hall–Kier alpha value is -8.26. The zero-order chi connectivity index (χ0) is 48.1. The number of hydrogen-bond donors (Lipinski definition) is 3. The molecule has 0 saturated carbocycles. The standard InChI is InChI=1S/C31H29FN4O2.C24H23FN4O2/c1-22(25-11-13-26(32)14-12-25)34-30(37)18-17-29-35-28-8-5-19-33-31(28)36(29)20-23-9-15-27(16-10-23)38-21-24-6-3-2-4-7-24;1-16(18-6-8-19(25)9-7-18)27-23(31)13-12-22-28-21-3-2-14-26-24(21)29(22)15-17-4-10-20(30)11-5-17/h2-16,19,22H,17-18,20-21H2,1H3,(H,34,37);2-11,14,16,30H,12-13,15H2,1H3,(H,27,31)/t22-;16-/m00/s1. The van der Waals surface area contributed by atoms with Crippen LogP contribution in [0, 0.1) is 11.6 Å². The number of benzene rings is 5. The lowest BCUT2D eigenvalue weighted by Gasteiger charge is -2.15. The van der Waals surface area contributed by atoms with Crippen molar-refractivity contribution in [1.29, 1.82) is 0 Å². The van der Waals surface area contributed by atoms with E-state index < -0.39 is 0 Å². The molecule has 0 radical (unpaired) electrons. The quantitative estimate of drug-likeness (QED) is 0.0817. The molecule has 0 spiro atoms. The summed E-state index contributed by atoms with van der Waals surface area (Å²) >= 11 is 0. The van der Waals surface area contributed by atoms with Gasteiger partial charge in [-0.3, -0.25) is 9.59 Å². The molecule has 0 bridgehead atoms. The third-order valence-electron chi connectivity index (χ3n) is 11.6. The van der Waals surface area contributed by atoms with Crippen LogP contribution in [0.3, 0.4) is 0 Å². The number of amides is 2. The molecule has 9 aromatic rings. The summed E-state index contributed by atoms with van der Waals surface area (Å²) in [7, 11) is 0. The maximum Gasteiger partial charge on any atom is 0.220 e. The van der Waals surface area contributed by atoms with Crippen LogP contribution in [0.15, 0.2) is 164 Å². The lowest BCUT2D eigenvalue weighted by molar-refractivity contribution is -0.122. The number of phenolic OH excluding ortho intramolecular Hbond substituents is 1. The van der Waals surface area contributed by atoms with Gasteiger partial charge in [0.15, 0.2) is 11.3 Å². The number of nitrogens with zero attached hydrogens (tertiary/aromatic N) is 6. The molecule has 69 heavy (non-hydrogen) atoms. The van der Waals surface area contributed by atoms with Gasteiger partial charge in [0.1, 0.15) is 52.4 Å². The predicted molar refractivity (Wildman–Crippen MR) is 261 cm³/mol. The summed E-state index contributed by atoms with van der Waals surface area (Å²) in [6.07, 6.45) is 4.94. The average molecular weight is 927 g/mol. The van der Waals surface area contributed by atoms with Gasteiger partial charge in [-0.2, -0.15) is 0 Å². The molecule has 4 aromatic heterocycles. The van der Waals surface area contributed by atoms with Gasteiger partial charge in [0.2, 0.25) is 11.8 Å². The number of phenols is 1. The van der Waals surface area contributed by atoms with Crippen LogP contribution >= 0.6 is 0 Å². The van der Waals surface area contributed by atoms with Crippen molar-refractivity contribution in [3.63, 3.8) is 0 Å². The number of halogens is 2. The molecule has 350 valence electrons. The Balaban J connectivity index is 0.000000190. The molecule has 9 rings (SSSR count). The normalized spacial score (nSPS) is 11.9. The summed E-state index contributed by atoms with van der Waals surface area (Å²) in [4.78, 5) is 43.7. The van der Waals surface area contributed by atoms with E-state index in [4.69, 9.17) is 9.72 Å². The highest BCUT2D eigenvalue weighted by Gasteiger charge is 2.18. The number of aromatic nitrogens is 6. The van der Waals surface area contributed by atoms with Gasteiger partial charge < -0.3 is 29.6 Å². The molecule has 3 N–H and O–H groups in total.